The number of nitrogens with zero attached hydrogens (tertiary/aromatic N) is 1. The Labute approximate surface area is 215 Å². The van der Waals surface area contributed by atoms with Crippen LogP contribution < -0.4 is 16.0 Å². The maximum Gasteiger partial charge on any atom is 0.269 e. The molecule has 0 atom stereocenters. The minimum Gasteiger partial charge on any atom is -0.362 e. The van der Waals surface area contributed by atoms with Gasteiger partial charge in [-0.1, -0.05) is 36.4 Å². The number of rotatable bonds is 6. The molecule has 8 nitrogen and oxygen atoms in total. The molecule has 1 aliphatic heterocycles. The van der Waals surface area contributed by atoms with Crippen molar-refractivity contribution in [3.63, 3.8) is 0 Å². The highest BCUT2D eigenvalue weighted by Gasteiger charge is 2.37. The lowest BCUT2D eigenvalue weighted by atomic mass is 9.79. The normalized spacial score (nSPS) is 13.7. The highest BCUT2D eigenvalue weighted by atomic mass is 16.6. The Balaban J connectivity index is 1.80. The number of hydrogen-bond donors (Lipinski definition) is 3. The van der Waals surface area contributed by atoms with Gasteiger partial charge in [0.2, 0.25) is 0 Å². The van der Waals surface area contributed by atoms with E-state index in [0.717, 1.165) is 11.1 Å². The number of anilines is 2. The number of nitro groups is 1. The molecule has 188 valence electrons. The van der Waals surface area contributed by atoms with E-state index < -0.39 is 22.7 Å². The number of benzene rings is 3. The van der Waals surface area contributed by atoms with Crippen LogP contribution in [0, 0.1) is 24.0 Å². The lowest BCUT2D eigenvalue weighted by molar-refractivity contribution is -0.384. The summed E-state index contributed by atoms with van der Waals surface area (Å²) >= 11 is 0. The van der Waals surface area contributed by atoms with Gasteiger partial charge in [-0.3, -0.25) is 19.7 Å². The number of allylic oxidation sites excluding steroid dienone is 2. The Morgan fingerprint density at radius 2 is 1.24 bits per heavy atom. The maximum atomic E-state index is 13.7. The van der Waals surface area contributed by atoms with Gasteiger partial charge in [-0.25, -0.2) is 0 Å². The molecule has 0 radical (unpaired) electrons. The largest absolute Gasteiger partial charge is 0.362 e. The van der Waals surface area contributed by atoms with Gasteiger partial charge in [0, 0.05) is 52.0 Å². The number of carbonyl (C=O) groups excluding carboxylic acids is 2. The Kier molecular flexibility index (Phi) is 7.20. The molecule has 1 heterocycles. The van der Waals surface area contributed by atoms with Crippen LogP contribution in [-0.4, -0.2) is 16.7 Å². The fourth-order valence-corrected chi connectivity index (χ4v) is 4.59. The van der Waals surface area contributed by atoms with Crippen molar-refractivity contribution >= 4 is 28.9 Å². The number of aryl methyl sites for hydroxylation is 2. The summed E-state index contributed by atoms with van der Waals surface area (Å²) in [5, 5.41) is 20.6. The molecule has 3 aromatic carbocycles. The van der Waals surface area contributed by atoms with Gasteiger partial charge in [-0.2, -0.15) is 0 Å². The fraction of sp³-hybridized carbons (Fsp3) is 0.172. The minimum absolute atomic E-state index is 0.122. The van der Waals surface area contributed by atoms with Gasteiger partial charge in [0.05, 0.1) is 4.92 Å². The van der Waals surface area contributed by atoms with Gasteiger partial charge < -0.3 is 16.0 Å². The fourth-order valence-electron chi connectivity index (χ4n) is 4.59. The van der Waals surface area contributed by atoms with Crippen LogP contribution in [0.15, 0.2) is 95.3 Å². The van der Waals surface area contributed by atoms with Crippen molar-refractivity contribution in [2.75, 3.05) is 10.6 Å². The first-order chi connectivity index (χ1) is 17.6. The second-order valence-electron chi connectivity index (χ2n) is 9.13. The molecule has 37 heavy (non-hydrogen) atoms. The summed E-state index contributed by atoms with van der Waals surface area (Å²) in [4.78, 5) is 38.4. The van der Waals surface area contributed by atoms with Crippen LogP contribution in [0.4, 0.5) is 17.1 Å². The molecule has 0 unspecified atom stereocenters. The first-order valence-corrected chi connectivity index (χ1v) is 11.8. The average molecular weight is 497 g/mol. The number of carbonyl (C=O) groups is 2. The summed E-state index contributed by atoms with van der Waals surface area (Å²) in [7, 11) is 0. The Morgan fingerprint density at radius 1 is 0.757 bits per heavy atom. The van der Waals surface area contributed by atoms with E-state index in [2.05, 4.69) is 16.0 Å². The molecule has 0 aromatic heterocycles. The molecule has 4 rings (SSSR count). The second-order valence-corrected chi connectivity index (χ2v) is 9.13. The van der Waals surface area contributed by atoms with E-state index in [1.165, 1.54) is 12.1 Å². The molecule has 0 fully saturated rings. The topological polar surface area (TPSA) is 113 Å². The lowest BCUT2D eigenvalue weighted by Gasteiger charge is -2.31. The van der Waals surface area contributed by atoms with Crippen molar-refractivity contribution in [2.24, 2.45) is 0 Å². The number of amides is 2. The molecule has 1 aliphatic rings. The monoisotopic (exact) mass is 496 g/mol. The Bertz CT molecular complexity index is 1390. The average Bonchev–Trinajstić information content (AvgIpc) is 2.83. The molecule has 2 amide bonds. The van der Waals surface area contributed by atoms with E-state index in [-0.39, 0.29) is 5.69 Å². The van der Waals surface area contributed by atoms with Crippen molar-refractivity contribution in [1.29, 1.82) is 0 Å². The van der Waals surface area contributed by atoms with Crippen LogP contribution in [0.3, 0.4) is 0 Å². The first-order valence-electron chi connectivity index (χ1n) is 11.8. The van der Waals surface area contributed by atoms with Crippen LogP contribution in [0.2, 0.25) is 0 Å². The van der Waals surface area contributed by atoms with Crippen LogP contribution in [0.5, 0.6) is 0 Å². The molecule has 0 saturated carbocycles. The summed E-state index contributed by atoms with van der Waals surface area (Å²) in [6, 6.07) is 20.8. The molecular formula is C29H28N4O4. The summed E-state index contributed by atoms with van der Waals surface area (Å²) in [5.41, 5.74) is 5.27. The third-order valence-electron chi connectivity index (χ3n) is 6.22. The predicted octanol–water partition coefficient (Wildman–Crippen LogP) is 5.72. The smallest absolute Gasteiger partial charge is 0.269 e. The zero-order valence-corrected chi connectivity index (χ0v) is 21.1. The zero-order valence-electron chi connectivity index (χ0n) is 21.1. The van der Waals surface area contributed by atoms with E-state index in [1.807, 2.05) is 50.2 Å². The maximum absolute atomic E-state index is 13.7. The summed E-state index contributed by atoms with van der Waals surface area (Å²) in [6.45, 7) is 7.37. The molecule has 3 aromatic rings. The summed E-state index contributed by atoms with van der Waals surface area (Å²) < 4.78 is 0. The van der Waals surface area contributed by atoms with Crippen molar-refractivity contribution in [3.8, 4) is 0 Å². The summed E-state index contributed by atoms with van der Waals surface area (Å²) in [6.07, 6.45) is 0. The van der Waals surface area contributed by atoms with E-state index in [9.17, 15) is 19.7 Å². The van der Waals surface area contributed by atoms with E-state index in [0.29, 0.717) is 39.5 Å². The standard InChI is InChI=1S/C29H28N4O4/c1-17-8-5-11-22(14-17)31-28(34)25-19(3)30-20(4)26(29(35)32-23-12-6-9-18(2)15-23)27(25)21-10-7-13-24(16-21)33(36)37/h5-16,27,30H,1-4H3,(H,31,34)(H,32,35). The Morgan fingerprint density at radius 3 is 1.70 bits per heavy atom. The number of non-ortho nitro benzene ring substituents is 1. The SMILES string of the molecule is CC1=C(C(=O)Nc2cccc(C)c2)C(c2cccc([N+](=O)[O-])c2)C(C(=O)Nc2cccc(C)c2)=C(C)N1. The molecule has 0 aliphatic carbocycles. The van der Waals surface area contributed by atoms with Gasteiger partial charge in [-0.15, -0.1) is 0 Å². The van der Waals surface area contributed by atoms with Crippen molar-refractivity contribution < 1.29 is 14.5 Å². The third-order valence-corrected chi connectivity index (χ3v) is 6.22. The molecule has 3 N–H and O–H groups in total. The zero-order chi connectivity index (χ0) is 26.7. The van der Waals surface area contributed by atoms with Gasteiger partial charge >= 0.3 is 0 Å². The first kappa shape index (κ1) is 25.4. The second kappa shape index (κ2) is 10.5. The molecule has 0 bridgehead atoms. The van der Waals surface area contributed by atoms with E-state index in [1.54, 1.807) is 38.1 Å². The van der Waals surface area contributed by atoms with Crippen LogP contribution in [0.25, 0.3) is 0 Å². The molecule has 8 heteroatoms. The Hall–Kier alpha value is -4.72. The van der Waals surface area contributed by atoms with Gasteiger partial charge in [-0.05, 0) is 68.7 Å². The van der Waals surface area contributed by atoms with Crippen LogP contribution >= 0.6 is 0 Å². The third kappa shape index (κ3) is 5.59. The van der Waals surface area contributed by atoms with Gasteiger partial charge in [0.25, 0.3) is 17.5 Å². The number of nitro benzene ring substituents is 1. The summed E-state index contributed by atoms with van der Waals surface area (Å²) in [5.74, 6) is -1.64. The van der Waals surface area contributed by atoms with Crippen LogP contribution in [-0.2, 0) is 9.59 Å². The highest BCUT2D eigenvalue weighted by Crippen LogP contribution is 2.40. The molecule has 0 spiro atoms. The quantitative estimate of drug-likeness (QED) is 0.298. The van der Waals surface area contributed by atoms with Gasteiger partial charge in [0.1, 0.15) is 0 Å². The van der Waals surface area contributed by atoms with Crippen molar-refractivity contribution in [3.05, 3.63) is 122 Å². The van der Waals surface area contributed by atoms with E-state index >= 15 is 0 Å². The van der Waals surface area contributed by atoms with E-state index in [4.69, 9.17) is 0 Å². The molecule has 0 saturated heterocycles. The predicted molar refractivity (Wildman–Crippen MR) is 144 cm³/mol. The minimum atomic E-state index is -0.837. The van der Waals surface area contributed by atoms with Crippen molar-refractivity contribution in [1.82, 2.24) is 5.32 Å². The number of hydrogen-bond acceptors (Lipinski definition) is 5. The van der Waals surface area contributed by atoms with Gasteiger partial charge in [0.15, 0.2) is 0 Å². The lowest BCUT2D eigenvalue weighted by Crippen LogP contribution is -2.35. The van der Waals surface area contributed by atoms with Crippen LogP contribution in [0.1, 0.15) is 36.5 Å². The highest BCUT2D eigenvalue weighted by molar-refractivity contribution is 6.12. The number of dihydropyridines is 1. The number of nitrogens with one attached hydrogen (secondary N) is 3. The van der Waals surface area contributed by atoms with Crippen molar-refractivity contribution in [2.45, 2.75) is 33.6 Å². The molecular weight excluding hydrogens is 468 g/mol.